The van der Waals surface area contributed by atoms with Crippen molar-refractivity contribution in [3.63, 3.8) is 0 Å². The summed E-state index contributed by atoms with van der Waals surface area (Å²) in [5, 5.41) is 5.91. The topological polar surface area (TPSA) is 48.8 Å². The Morgan fingerprint density at radius 2 is 1.11 bits per heavy atom. The van der Waals surface area contributed by atoms with Crippen molar-refractivity contribution in [2.75, 3.05) is 0 Å². The Bertz CT molecular complexity index is 2770. The minimum atomic E-state index is 0.693. The minimum Gasteiger partial charge on any atom is -0.453 e. The van der Waals surface area contributed by atoms with E-state index in [9.17, 15) is 0 Å². The van der Waals surface area contributed by atoms with Crippen molar-refractivity contribution in [3.05, 3.63) is 146 Å². The van der Waals surface area contributed by atoms with Gasteiger partial charge in [0.15, 0.2) is 5.58 Å². The van der Waals surface area contributed by atoms with Gasteiger partial charge >= 0.3 is 0 Å². The zero-order chi connectivity index (χ0) is 29.5. The number of para-hydroxylation sites is 3. The molecule has 4 heterocycles. The molecule has 6 aromatic carbocycles. The van der Waals surface area contributed by atoms with Gasteiger partial charge in [-0.25, -0.2) is 9.97 Å². The van der Waals surface area contributed by atoms with Crippen molar-refractivity contribution in [3.8, 4) is 22.5 Å². The van der Waals surface area contributed by atoms with Crippen LogP contribution in [0.4, 0.5) is 0 Å². The van der Waals surface area contributed by atoms with Crippen LogP contribution in [0.3, 0.4) is 0 Å². The molecule has 0 unspecified atom stereocenters. The minimum absolute atomic E-state index is 0.693. The van der Waals surface area contributed by atoms with Gasteiger partial charge in [-0.15, -0.1) is 0 Å². The van der Waals surface area contributed by atoms with E-state index in [1.165, 1.54) is 43.7 Å². The molecule has 210 valence electrons. The average molecular weight is 577 g/mol. The third-order valence-corrected chi connectivity index (χ3v) is 9.07. The summed E-state index contributed by atoms with van der Waals surface area (Å²) in [5.74, 6) is 0. The summed E-state index contributed by atoms with van der Waals surface area (Å²) in [4.78, 5) is 8.66. The number of hydrogen-bond donors (Lipinski definition) is 0. The largest absolute Gasteiger partial charge is 0.453 e. The highest BCUT2D eigenvalue weighted by Crippen LogP contribution is 2.39. The van der Waals surface area contributed by atoms with Crippen molar-refractivity contribution in [1.82, 2.24) is 19.1 Å². The maximum absolute atomic E-state index is 6.04. The molecule has 0 saturated carbocycles. The van der Waals surface area contributed by atoms with E-state index in [0.29, 0.717) is 5.58 Å². The van der Waals surface area contributed by atoms with Crippen LogP contribution >= 0.6 is 0 Å². The summed E-state index contributed by atoms with van der Waals surface area (Å²) in [6.07, 6.45) is 3.30. The molecule has 0 saturated heterocycles. The van der Waals surface area contributed by atoms with Crippen LogP contribution < -0.4 is 0 Å². The van der Waals surface area contributed by atoms with Crippen LogP contribution in [-0.4, -0.2) is 19.1 Å². The van der Waals surface area contributed by atoms with E-state index >= 15 is 0 Å². The van der Waals surface area contributed by atoms with Gasteiger partial charge in [-0.2, -0.15) is 0 Å². The van der Waals surface area contributed by atoms with Gasteiger partial charge in [-0.1, -0.05) is 72.8 Å². The quantitative estimate of drug-likeness (QED) is 0.210. The van der Waals surface area contributed by atoms with Crippen molar-refractivity contribution in [2.45, 2.75) is 0 Å². The lowest BCUT2D eigenvalue weighted by atomic mass is 10.0. The first-order valence-electron chi connectivity index (χ1n) is 15.1. The number of aromatic nitrogens is 4. The fourth-order valence-corrected chi connectivity index (χ4v) is 7.08. The first-order chi connectivity index (χ1) is 22.3. The number of rotatable bonds is 3. The summed E-state index contributed by atoms with van der Waals surface area (Å²) in [6.45, 7) is 0. The molecule has 0 aliphatic rings. The zero-order valence-electron chi connectivity index (χ0n) is 24.1. The zero-order valence-corrected chi connectivity index (χ0v) is 24.1. The molecule has 10 aromatic rings. The Morgan fingerprint density at radius 1 is 0.444 bits per heavy atom. The Labute approximate surface area is 257 Å². The van der Waals surface area contributed by atoms with E-state index in [1.54, 1.807) is 12.5 Å². The monoisotopic (exact) mass is 576 g/mol. The lowest BCUT2D eigenvalue weighted by Gasteiger charge is -2.10. The van der Waals surface area contributed by atoms with E-state index in [-0.39, 0.29) is 0 Å². The van der Waals surface area contributed by atoms with Gasteiger partial charge in [0.1, 0.15) is 17.4 Å². The predicted molar refractivity (Wildman–Crippen MR) is 183 cm³/mol. The van der Waals surface area contributed by atoms with Crippen LogP contribution in [0.5, 0.6) is 0 Å². The molecular formula is C40H24N4O. The summed E-state index contributed by atoms with van der Waals surface area (Å²) < 4.78 is 10.7. The van der Waals surface area contributed by atoms with Gasteiger partial charge in [0, 0.05) is 38.3 Å². The van der Waals surface area contributed by atoms with Gasteiger partial charge in [-0.05, 0) is 71.8 Å². The maximum Gasteiger partial charge on any atom is 0.172 e. The van der Waals surface area contributed by atoms with Gasteiger partial charge in [0.25, 0.3) is 0 Å². The van der Waals surface area contributed by atoms with Crippen LogP contribution in [0.15, 0.2) is 150 Å². The van der Waals surface area contributed by atoms with Gasteiger partial charge in [-0.3, -0.25) is 0 Å². The highest BCUT2D eigenvalue weighted by atomic mass is 16.3. The van der Waals surface area contributed by atoms with E-state index in [2.05, 4.69) is 146 Å². The molecule has 5 nitrogen and oxygen atoms in total. The smallest absolute Gasteiger partial charge is 0.172 e. The Kier molecular flexibility index (Phi) is 4.93. The molecule has 5 heteroatoms. The van der Waals surface area contributed by atoms with Crippen LogP contribution in [0.2, 0.25) is 0 Å². The van der Waals surface area contributed by atoms with Gasteiger partial charge < -0.3 is 13.6 Å². The SMILES string of the molecule is c1ccc(-n2c3ccccc3c3cc(-c4ccc5c6ccccc6n(-c6ccc7oc8cncnc8c7c6)c5c4)ccc32)cc1. The fraction of sp³-hybridized carbons (Fsp3) is 0. The summed E-state index contributed by atoms with van der Waals surface area (Å²) >= 11 is 0. The van der Waals surface area contributed by atoms with Crippen LogP contribution in [0.1, 0.15) is 0 Å². The van der Waals surface area contributed by atoms with E-state index in [1.807, 2.05) is 6.07 Å². The number of fused-ring (bicyclic) bond motifs is 9. The first-order valence-corrected chi connectivity index (χ1v) is 15.1. The number of furan rings is 1. The molecule has 0 aliphatic heterocycles. The Balaban J connectivity index is 1.21. The molecule has 0 bridgehead atoms. The number of hydrogen-bond acceptors (Lipinski definition) is 3. The third-order valence-electron chi connectivity index (χ3n) is 9.07. The number of nitrogens with zero attached hydrogens (tertiary/aromatic N) is 4. The molecule has 0 N–H and O–H groups in total. The lowest BCUT2D eigenvalue weighted by molar-refractivity contribution is 0.665. The van der Waals surface area contributed by atoms with Crippen molar-refractivity contribution >= 4 is 65.7 Å². The summed E-state index contributed by atoms with van der Waals surface area (Å²) in [5.41, 5.74) is 11.6. The lowest BCUT2D eigenvalue weighted by Crippen LogP contribution is -1.94. The molecule has 0 spiro atoms. The molecule has 4 aromatic heterocycles. The van der Waals surface area contributed by atoms with E-state index < -0.39 is 0 Å². The molecule has 0 amide bonds. The summed E-state index contributed by atoms with van der Waals surface area (Å²) in [7, 11) is 0. The van der Waals surface area contributed by atoms with E-state index in [0.717, 1.165) is 38.9 Å². The normalized spacial score (nSPS) is 12.0. The highest BCUT2D eigenvalue weighted by molar-refractivity contribution is 6.13. The van der Waals surface area contributed by atoms with Crippen molar-refractivity contribution in [2.24, 2.45) is 0 Å². The standard InChI is InChI=1S/C40H24N4O/c1-2-8-27(9-3-1)43-35-13-7-5-11-30(35)32-20-25(15-18-36(32)43)26-14-17-31-29-10-4-6-12-34(29)44(37(31)21-26)28-16-19-38-33(22-28)40-39(45-38)23-41-24-42-40/h1-24H. The van der Waals surface area contributed by atoms with Crippen LogP contribution in [0, 0.1) is 0 Å². The third kappa shape index (κ3) is 3.49. The van der Waals surface area contributed by atoms with Crippen molar-refractivity contribution in [1.29, 1.82) is 0 Å². The van der Waals surface area contributed by atoms with Crippen molar-refractivity contribution < 1.29 is 4.42 Å². The molecule has 10 rings (SSSR count). The molecule has 0 radical (unpaired) electrons. The predicted octanol–water partition coefficient (Wildman–Crippen LogP) is 10.2. The maximum atomic E-state index is 6.04. The second-order valence-corrected chi connectivity index (χ2v) is 11.5. The van der Waals surface area contributed by atoms with Gasteiger partial charge in [0.05, 0.1) is 28.3 Å². The molecular weight excluding hydrogens is 552 g/mol. The molecule has 0 fully saturated rings. The van der Waals surface area contributed by atoms with Gasteiger partial charge in [0.2, 0.25) is 0 Å². The molecule has 0 aliphatic carbocycles. The van der Waals surface area contributed by atoms with E-state index in [4.69, 9.17) is 4.42 Å². The Morgan fingerprint density at radius 3 is 1.96 bits per heavy atom. The van der Waals surface area contributed by atoms with Crippen LogP contribution in [0.25, 0.3) is 88.2 Å². The first kappa shape index (κ1) is 24.3. The second-order valence-electron chi connectivity index (χ2n) is 11.5. The Hall–Kier alpha value is -6.20. The highest BCUT2D eigenvalue weighted by Gasteiger charge is 2.17. The molecule has 45 heavy (non-hydrogen) atoms. The second kappa shape index (κ2) is 9.15. The fourth-order valence-electron chi connectivity index (χ4n) is 7.08. The average Bonchev–Trinajstić information content (AvgIpc) is 3.75. The number of benzene rings is 6. The van der Waals surface area contributed by atoms with Crippen LogP contribution in [-0.2, 0) is 0 Å². The molecule has 0 atom stereocenters. The summed E-state index contributed by atoms with van der Waals surface area (Å²) in [6, 6.07) is 47.9.